The highest BCUT2D eigenvalue weighted by molar-refractivity contribution is 5.98. The van der Waals surface area contributed by atoms with Gasteiger partial charge in [0.15, 0.2) is 0 Å². The Kier molecular flexibility index (Phi) is 3.63. The van der Waals surface area contributed by atoms with E-state index in [2.05, 4.69) is 20.7 Å². The lowest BCUT2D eigenvalue weighted by Gasteiger charge is -2.24. The monoisotopic (exact) mass is 251 g/mol. The van der Waals surface area contributed by atoms with Crippen LogP contribution in [-0.2, 0) is 5.54 Å². The molecule has 0 atom stereocenters. The third kappa shape index (κ3) is 2.52. The first-order valence-electron chi connectivity index (χ1n) is 6.55. The van der Waals surface area contributed by atoms with E-state index in [1.165, 1.54) is 19.3 Å². The average molecular weight is 251 g/mol. The maximum atomic E-state index is 9.32. The zero-order chi connectivity index (χ0) is 13.2. The van der Waals surface area contributed by atoms with E-state index in [0.717, 1.165) is 12.8 Å². The summed E-state index contributed by atoms with van der Waals surface area (Å²) >= 11 is 0. The average Bonchev–Trinajstić information content (AvgIpc) is 2.80. The van der Waals surface area contributed by atoms with Gasteiger partial charge in [-0.1, -0.05) is 24.4 Å². The quantitative estimate of drug-likeness (QED) is 0.496. The summed E-state index contributed by atoms with van der Waals surface area (Å²) in [5.41, 5.74) is 0.415. The van der Waals surface area contributed by atoms with E-state index in [1.807, 2.05) is 20.8 Å². The largest absolute Gasteiger partial charge is 0.411 e. The van der Waals surface area contributed by atoms with Gasteiger partial charge in [0.1, 0.15) is 5.71 Å². The summed E-state index contributed by atoms with van der Waals surface area (Å²) in [6, 6.07) is 0. The van der Waals surface area contributed by atoms with Gasteiger partial charge >= 0.3 is 0 Å². The van der Waals surface area contributed by atoms with E-state index in [-0.39, 0.29) is 11.5 Å². The van der Waals surface area contributed by atoms with Gasteiger partial charge in [-0.25, -0.2) is 4.68 Å². The molecule has 1 aliphatic carbocycles. The second kappa shape index (κ2) is 5.04. The topological polar surface area (TPSA) is 76.2 Å². The summed E-state index contributed by atoms with van der Waals surface area (Å²) in [5, 5.41) is 24.6. The molecule has 0 aromatic carbocycles. The molecule has 0 radical (unpaired) electrons. The highest BCUT2D eigenvalue weighted by Crippen LogP contribution is 2.27. The van der Waals surface area contributed by atoms with Crippen LogP contribution in [0.25, 0.3) is 0 Å². The summed E-state index contributed by atoms with van der Waals surface area (Å²) < 4.78 is 1.73. The second-order valence-electron chi connectivity index (χ2n) is 5.91. The Balaban J connectivity index is 2.31. The Morgan fingerprint density at radius 3 is 2.50 bits per heavy atom. The van der Waals surface area contributed by atoms with E-state index in [4.69, 9.17) is 0 Å². The minimum atomic E-state index is -0.219. The molecule has 1 N–H and O–H groups in total. The van der Waals surface area contributed by atoms with Gasteiger partial charge in [-0.15, -0.1) is 5.10 Å². The molecule has 6 heteroatoms. The maximum Gasteiger partial charge on any atom is 0.200 e. The maximum absolute atomic E-state index is 9.32. The van der Waals surface area contributed by atoms with Gasteiger partial charge in [0.05, 0.1) is 5.54 Å². The normalized spacial score (nSPS) is 19.2. The molecule has 1 aliphatic rings. The molecule has 1 aromatic heterocycles. The number of tetrazole rings is 1. The van der Waals surface area contributed by atoms with E-state index < -0.39 is 0 Å². The molecule has 1 aromatic rings. The van der Waals surface area contributed by atoms with Crippen LogP contribution < -0.4 is 0 Å². The third-order valence-electron chi connectivity index (χ3n) is 3.43. The minimum Gasteiger partial charge on any atom is -0.411 e. The molecule has 2 rings (SSSR count). The van der Waals surface area contributed by atoms with Gasteiger partial charge < -0.3 is 5.21 Å². The number of hydrogen-bond acceptors (Lipinski definition) is 5. The summed E-state index contributed by atoms with van der Waals surface area (Å²) in [6.45, 7) is 6.09. The Hall–Kier alpha value is -1.46. The summed E-state index contributed by atoms with van der Waals surface area (Å²) in [7, 11) is 0. The van der Waals surface area contributed by atoms with Crippen LogP contribution in [0.3, 0.4) is 0 Å². The van der Waals surface area contributed by atoms with Gasteiger partial charge in [-0.05, 0) is 44.0 Å². The second-order valence-corrected chi connectivity index (χ2v) is 5.91. The molecule has 0 amide bonds. The van der Waals surface area contributed by atoms with E-state index >= 15 is 0 Å². The van der Waals surface area contributed by atoms with Crippen molar-refractivity contribution >= 4 is 5.71 Å². The smallest absolute Gasteiger partial charge is 0.200 e. The molecule has 0 spiro atoms. The van der Waals surface area contributed by atoms with Gasteiger partial charge in [-0.3, -0.25) is 0 Å². The molecule has 0 bridgehead atoms. The number of nitrogens with zero attached hydrogens (tertiary/aromatic N) is 5. The molecule has 1 fully saturated rings. The number of rotatable bonds is 2. The predicted octanol–water partition coefficient (Wildman–Crippen LogP) is 2.19. The number of oxime groups is 1. The van der Waals surface area contributed by atoms with Crippen molar-refractivity contribution in [1.82, 2.24) is 20.2 Å². The highest BCUT2D eigenvalue weighted by Gasteiger charge is 2.29. The molecule has 1 heterocycles. The first kappa shape index (κ1) is 13.0. The van der Waals surface area contributed by atoms with Crippen LogP contribution in [0.2, 0.25) is 0 Å². The molecule has 6 nitrogen and oxygen atoms in total. The van der Waals surface area contributed by atoms with E-state index in [0.29, 0.717) is 11.5 Å². The third-order valence-corrected chi connectivity index (χ3v) is 3.43. The zero-order valence-corrected chi connectivity index (χ0v) is 11.3. The number of aromatic nitrogens is 4. The summed E-state index contributed by atoms with van der Waals surface area (Å²) in [6.07, 6.45) is 5.73. The SMILES string of the molecule is CC(C)(C)n1nnnc1/C(=N\O)C1CCCCC1. The van der Waals surface area contributed by atoms with Crippen molar-refractivity contribution in [3.05, 3.63) is 5.82 Å². The van der Waals surface area contributed by atoms with Crippen molar-refractivity contribution in [3.63, 3.8) is 0 Å². The summed E-state index contributed by atoms with van der Waals surface area (Å²) in [4.78, 5) is 0. The Morgan fingerprint density at radius 2 is 1.94 bits per heavy atom. The molecule has 100 valence electrons. The summed E-state index contributed by atoms with van der Waals surface area (Å²) in [5.74, 6) is 0.868. The van der Waals surface area contributed by atoms with Crippen molar-refractivity contribution in [2.75, 3.05) is 0 Å². The minimum absolute atomic E-state index is 0.219. The molecule has 0 unspecified atom stereocenters. The van der Waals surface area contributed by atoms with Gasteiger partial charge in [-0.2, -0.15) is 0 Å². The first-order valence-corrected chi connectivity index (χ1v) is 6.55. The van der Waals surface area contributed by atoms with Crippen LogP contribution >= 0.6 is 0 Å². The standard InChI is InChI=1S/C12H21N5O/c1-12(2,3)17-11(13-15-16-17)10(14-18)9-7-5-4-6-8-9/h9,18H,4-8H2,1-3H3/b14-10-. The van der Waals surface area contributed by atoms with Crippen molar-refractivity contribution in [1.29, 1.82) is 0 Å². The molecule has 18 heavy (non-hydrogen) atoms. The first-order chi connectivity index (χ1) is 8.54. The fraction of sp³-hybridized carbons (Fsp3) is 0.833. The van der Waals surface area contributed by atoms with Crippen LogP contribution in [-0.4, -0.2) is 31.1 Å². The van der Waals surface area contributed by atoms with Crippen LogP contribution in [0.15, 0.2) is 5.16 Å². The van der Waals surface area contributed by atoms with Crippen LogP contribution in [0.1, 0.15) is 58.7 Å². The van der Waals surface area contributed by atoms with Crippen molar-refractivity contribution in [3.8, 4) is 0 Å². The Morgan fingerprint density at radius 1 is 1.28 bits per heavy atom. The molecule has 0 aliphatic heterocycles. The van der Waals surface area contributed by atoms with Crippen LogP contribution in [0.5, 0.6) is 0 Å². The molecule has 0 saturated heterocycles. The Bertz CT molecular complexity index is 426. The lowest BCUT2D eigenvalue weighted by molar-refractivity contribution is 0.305. The van der Waals surface area contributed by atoms with Gasteiger partial charge in [0, 0.05) is 5.92 Å². The number of hydrogen-bond donors (Lipinski definition) is 1. The van der Waals surface area contributed by atoms with E-state index in [9.17, 15) is 5.21 Å². The van der Waals surface area contributed by atoms with Crippen molar-refractivity contribution < 1.29 is 5.21 Å². The highest BCUT2D eigenvalue weighted by atomic mass is 16.4. The fourth-order valence-corrected chi connectivity index (χ4v) is 2.48. The lowest BCUT2D eigenvalue weighted by atomic mass is 9.85. The van der Waals surface area contributed by atoms with Crippen LogP contribution in [0.4, 0.5) is 0 Å². The van der Waals surface area contributed by atoms with Gasteiger partial charge in [0.2, 0.25) is 5.82 Å². The van der Waals surface area contributed by atoms with Crippen molar-refractivity contribution in [2.45, 2.75) is 58.4 Å². The van der Waals surface area contributed by atoms with Crippen LogP contribution in [0, 0.1) is 5.92 Å². The molecular formula is C12H21N5O. The van der Waals surface area contributed by atoms with Gasteiger partial charge in [0.25, 0.3) is 0 Å². The zero-order valence-electron chi connectivity index (χ0n) is 11.3. The predicted molar refractivity (Wildman–Crippen MR) is 67.7 cm³/mol. The Labute approximate surface area is 107 Å². The fourth-order valence-electron chi connectivity index (χ4n) is 2.48. The van der Waals surface area contributed by atoms with Crippen molar-refractivity contribution in [2.24, 2.45) is 11.1 Å². The molecular weight excluding hydrogens is 230 g/mol. The van der Waals surface area contributed by atoms with E-state index in [1.54, 1.807) is 4.68 Å². The lowest BCUT2D eigenvalue weighted by Crippen LogP contribution is -2.31. The molecule has 1 saturated carbocycles.